The number of aryl methyl sites for hydroxylation is 1. The highest BCUT2D eigenvalue weighted by Crippen LogP contribution is 2.23. The summed E-state index contributed by atoms with van der Waals surface area (Å²) in [6.45, 7) is 7.05. The van der Waals surface area contributed by atoms with Gasteiger partial charge in [0.25, 0.3) is 0 Å². The molecule has 2 N–H and O–H groups in total. The van der Waals surface area contributed by atoms with Crippen LogP contribution in [-0.4, -0.2) is 54.3 Å². The van der Waals surface area contributed by atoms with E-state index in [-0.39, 0.29) is 24.3 Å². The molecule has 1 aliphatic rings. The molecule has 0 bridgehead atoms. The maximum atomic E-state index is 13.1. The van der Waals surface area contributed by atoms with Gasteiger partial charge >= 0.3 is 0 Å². The lowest BCUT2D eigenvalue weighted by atomic mass is 9.95. The second-order valence-electron chi connectivity index (χ2n) is 7.99. The van der Waals surface area contributed by atoms with Crippen molar-refractivity contribution < 1.29 is 9.59 Å². The summed E-state index contributed by atoms with van der Waals surface area (Å²) in [5.74, 6) is -0.322. The highest BCUT2D eigenvalue weighted by Gasteiger charge is 2.30. The maximum Gasteiger partial charge on any atom is 0.231 e. The van der Waals surface area contributed by atoms with E-state index >= 15 is 0 Å². The molecule has 0 unspecified atom stereocenters. The van der Waals surface area contributed by atoms with Crippen molar-refractivity contribution in [1.29, 1.82) is 0 Å². The first-order valence-corrected chi connectivity index (χ1v) is 10.4. The van der Waals surface area contributed by atoms with Gasteiger partial charge in [0.15, 0.2) is 0 Å². The van der Waals surface area contributed by atoms with E-state index < -0.39 is 0 Å². The Morgan fingerprint density at radius 1 is 1.10 bits per heavy atom. The first kappa shape index (κ1) is 21.1. The number of nitrogens with two attached hydrogens (primary N) is 1. The molecular formula is C24H31N3O2. The van der Waals surface area contributed by atoms with E-state index in [2.05, 4.69) is 62.4 Å². The van der Waals surface area contributed by atoms with Gasteiger partial charge in [0.05, 0.1) is 12.5 Å². The van der Waals surface area contributed by atoms with Crippen molar-refractivity contribution in [2.24, 2.45) is 11.7 Å². The summed E-state index contributed by atoms with van der Waals surface area (Å²) in [7, 11) is 0. The molecule has 2 aromatic carbocycles. The zero-order valence-electron chi connectivity index (χ0n) is 17.4. The largest absolute Gasteiger partial charge is 0.369 e. The number of carbonyl (C=O) groups excluding carboxylic acids is 2. The Balaban J connectivity index is 1.76. The number of benzene rings is 2. The smallest absolute Gasteiger partial charge is 0.231 e. The van der Waals surface area contributed by atoms with Crippen molar-refractivity contribution in [3.63, 3.8) is 0 Å². The van der Waals surface area contributed by atoms with Gasteiger partial charge in [-0.15, -0.1) is 0 Å². The summed E-state index contributed by atoms with van der Waals surface area (Å²) >= 11 is 0. The van der Waals surface area contributed by atoms with E-state index in [9.17, 15) is 9.59 Å². The molecule has 2 aromatic rings. The van der Waals surface area contributed by atoms with Crippen LogP contribution in [0.3, 0.4) is 0 Å². The van der Waals surface area contributed by atoms with Gasteiger partial charge in [-0.25, -0.2) is 0 Å². The Hall–Kier alpha value is -2.66. The lowest BCUT2D eigenvalue weighted by molar-refractivity contribution is -0.134. The molecule has 0 radical (unpaired) electrons. The Morgan fingerprint density at radius 2 is 1.86 bits per heavy atom. The summed E-state index contributed by atoms with van der Waals surface area (Å²) in [5.41, 5.74) is 10.1. The molecule has 0 saturated carbocycles. The van der Waals surface area contributed by atoms with Crippen LogP contribution in [0.1, 0.15) is 24.5 Å². The lowest BCUT2D eigenvalue weighted by Gasteiger charge is -2.23. The van der Waals surface area contributed by atoms with Crippen molar-refractivity contribution in [2.45, 2.75) is 26.7 Å². The molecule has 1 fully saturated rings. The third-order valence-corrected chi connectivity index (χ3v) is 5.49. The fourth-order valence-electron chi connectivity index (χ4n) is 4.06. The van der Waals surface area contributed by atoms with E-state index in [0.717, 1.165) is 18.5 Å². The van der Waals surface area contributed by atoms with E-state index in [1.165, 1.54) is 16.7 Å². The molecular weight excluding hydrogens is 362 g/mol. The Kier molecular flexibility index (Phi) is 7.04. The average Bonchev–Trinajstić information content (AvgIpc) is 2.82. The van der Waals surface area contributed by atoms with Gasteiger partial charge in [-0.1, -0.05) is 61.0 Å². The number of rotatable bonds is 7. The van der Waals surface area contributed by atoms with Crippen LogP contribution in [-0.2, 0) is 16.0 Å². The van der Waals surface area contributed by atoms with Crippen molar-refractivity contribution in [1.82, 2.24) is 9.80 Å². The van der Waals surface area contributed by atoms with Gasteiger partial charge in [-0.3, -0.25) is 14.5 Å². The van der Waals surface area contributed by atoms with Crippen molar-refractivity contribution in [2.75, 3.05) is 32.7 Å². The minimum absolute atomic E-state index is 0.159. The van der Waals surface area contributed by atoms with Crippen LogP contribution >= 0.6 is 0 Å². The minimum atomic E-state index is -0.345. The Labute approximate surface area is 173 Å². The summed E-state index contributed by atoms with van der Waals surface area (Å²) in [6, 6.07) is 16.9. The SMILES string of the molecule is CCCN1CCN(CC(N)=O)C[C@@H](Cc2ccc(-c3cccc(C)c3)cc2)C1=O. The molecule has 1 saturated heterocycles. The summed E-state index contributed by atoms with van der Waals surface area (Å²) in [4.78, 5) is 28.4. The highest BCUT2D eigenvalue weighted by atomic mass is 16.2. The fraction of sp³-hybridized carbons (Fsp3) is 0.417. The number of hydrogen-bond acceptors (Lipinski definition) is 3. The summed E-state index contributed by atoms with van der Waals surface area (Å²) < 4.78 is 0. The number of amides is 2. The van der Waals surface area contributed by atoms with Gasteiger partial charge < -0.3 is 10.6 Å². The van der Waals surface area contributed by atoms with Gasteiger partial charge in [-0.05, 0) is 36.5 Å². The van der Waals surface area contributed by atoms with E-state index in [0.29, 0.717) is 26.1 Å². The van der Waals surface area contributed by atoms with E-state index in [1.54, 1.807) is 0 Å². The molecule has 5 heteroatoms. The molecule has 1 atom stereocenters. The Morgan fingerprint density at radius 3 is 2.52 bits per heavy atom. The molecule has 1 aliphatic heterocycles. The second-order valence-corrected chi connectivity index (χ2v) is 7.99. The van der Waals surface area contributed by atoms with Crippen LogP contribution in [0.25, 0.3) is 11.1 Å². The number of primary amides is 1. The minimum Gasteiger partial charge on any atom is -0.369 e. The van der Waals surface area contributed by atoms with Gasteiger partial charge in [0.1, 0.15) is 0 Å². The van der Waals surface area contributed by atoms with Crippen LogP contribution < -0.4 is 5.73 Å². The standard InChI is InChI=1S/C24H31N3O2/c1-3-11-27-13-12-26(17-23(25)28)16-22(24(27)29)15-19-7-9-20(10-8-19)21-6-4-5-18(2)14-21/h4-10,14,22H,3,11-13,15-17H2,1-2H3,(H2,25,28)/t22-/m1/s1. The second kappa shape index (κ2) is 9.70. The van der Waals surface area contributed by atoms with E-state index in [4.69, 9.17) is 5.73 Å². The van der Waals surface area contributed by atoms with Crippen molar-refractivity contribution in [3.05, 3.63) is 59.7 Å². The fourth-order valence-corrected chi connectivity index (χ4v) is 4.06. The van der Waals surface area contributed by atoms with Crippen LogP contribution in [0.4, 0.5) is 0 Å². The molecule has 154 valence electrons. The molecule has 0 spiro atoms. The first-order valence-electron chi connectivity index (χ1n) is 10.4. The molecule has 3 rings (SSSR count). The molecule has 29 heavy (non-hydrogen) atoms. The van der Waals surface area contributed by atoms with Crippen LogP contribution in [0.2, 0.25) is 0 Å². The monoisotopic (exact) mass is 393 g/mol. The van der Waals surface area contributed by atoms with Gasteiger partial charge in [-0.2, -0.15) is 0 Å². The average molecular weight is 394 g/mol. The highest BCUT2D eigenvalue weighted by molar-refractivity contribution is 5.80. The quantitative estimate of drug-likeness (QED) is 0.787. The molecule has 0 aromatic heterocycles. The summed E-state index contributed by atoms with van der Waals surface area (Å²) in [5, 5.41) is 0. The molecule has 2 amide bonds. The zero-order valence-corrected chi connectivity index (χ0v) is 17.4. The molecule has 1 heterocycles. The predicted octanol–water partition coefficient (Wildman–Crippen LogP) is 2.86. The molecule has 5 nitrogen and oxygen atoms in total. The predicted molar refractivity (Wildman–Crippen MR) is 116 cm³/mol. The number of nitrogens with zero attached hydrogens (tertiary/aromatic N) is 2. The van der Waals surface area contributed by atoms with E-state index in [1.807, 2.05) is 9.80 Å². The number of hydrogen-bond donors (Lipinski definition) is 1. The summed E-state index contributed by atoms with van der Waals surface area (Å²) in [6.07, 6.45) is 1.60. The topological polar surface area (TPSA) is 66.6 Å². The van der Waals surface area contributed by atoms with Crippen LogP contribution in [0, 0.1) is 12.8 Å². The Bertz CT molecular complexity index is 847. The number of carbonyl (C=O) groups is 2. The molecule has 0 aliphatic carbocycles. The lowest BCUT2D eigenvalue weighted by Crippen LogP contribution is -2.38. The third-order valence-electron chi connectivity index (χ3n) is 5.49. The van der Waals surface area contributed by atoms with Crippen LogP contribution in [0.5, 0.6) is 0 Å². The first-order chi connectivity index (χ1) is 14.0. The zero-order chi connectivity index (χ0) is 20.8. The van der Waals surface area contributed by atoms with Crippen LogP contribution in [0.15, 0.2) is 48.5 Å². The van der Waals surface area contributed by atoms with Gasteiger partial charge in [0.2, 0.25) is 11.8 Å². The van der Waals surface area contributed by atoms with Crippen molar-refractivity contribution >= 4 is 11.8 Å². The maximum absolute atomic E-state index is 13.1. The third kappa shape index (κ3) is 5.67. The van der Waals surface area contributed by atoms with Gasteiger partial charge in [0, 0.05) is 26.2 Å². The normalized spacial score (nSPS) is 17.9. The van der Waals surface area contributed by atoms with Crippen molar-refractivity contribution in [3.8, 4) is 11.1 Å².